The number of alkyl halides is 3. The van der Waals surface area contributed by atoms with Crippen LogP contribution in [-0.4, -0.2) is 21.2 Å². The van der Waals surface area contributed by atoms with Gasteiger partial charge >= 0.3 is 104 Å². The van der Waals surface area contributed by atoms with Crippen molar-refractivity contribution in [1.82, 2.24) is 4.33 Å². The number of urea groups is 1. The van der Waals surface area contributed by atoms with Gasteiger partial charge in [0.25, 0.3) is 0 Å². The molecule has 2 amide bonds. The van der Waals surface area contributed by atoms with E-state index in [-0.39, 0.29) is 0 Å². The van der Waals surface area contributed by atoms with E-state index >= 15 is 0 Å². The molecule has 1 rings (SSSR count). The normalized spacial score (nSPS) is 11.2. The molecule has 3 N–H and O–H groups in total. The van der Waals surface area contributed by atoms with Gasteiger partial charge in [-0.25, -0.2) is 0 Å². The molecule has 0 fully saturated rings. The van der Waals surface area contributed by atoms with E-state index in [1.54, 1.807) is 0 Å². The van der Waals surface area contributed by atoms with Crippen molar-refractivity contribution in [1.29, 1.82) is 0 Å². The van der Waals surface area contributed by atoms with Crippen molar-refractivity contribution in [3.63, 3.8) is 0 Å². The van der Waals surface area contributed by atoms with Crippen LogP contribution >= 0.6 is 15.9 Å². The molecule has 1 aromatic rings. The number of benzene rings is 1. The Morgan fingerprint density at radius 2 is 2.06 bits per heavy atom. The third-order valence-electron chi connectivity index (χ3n) is 1.52. The van der Waals surface area contributed by atoms with Gasteiger partial charge in [-0.1, -0.05) is 0 Å². The van der Waals surface area contributed by atoms with Gasteiger partial charge in [0.05, 0.1) is 0 Å². The number of primary amides is 1. The van der Waals surface area contributed by atoms with E-state index in [1.807, 2.05) is 0 Å². The second-order valence-corrected chi connectivity index (χ2v) is 5.34. The Morgan fingerprint density at radius 1 is 1.44 bits per heavy atom. The van der Waals surface area contributed by atoms with E-state index in [1.165, 1.54) is 6.07 Å². The monoisotopic (exact) mass is 362 g/mol. The molecule has 3 nitrogen and oxygen atoms in total. The van der Waals surface area contributed by atoms with E-state index in [9.17, 15) is 18.0 Å². The van der Waals surface area contributed by atoms with Crippen molar-refractivity contribution in [2.24, 2.45) is 5.73 Å². The fourth-order valence-electron chi connectivity index (χ4n) is 0.863. The van der Waals surface area contributed by atoms with Gasteiger partial charge in [-0.15, -0.1) is 0 Å². The number of carbonyl (C=O) groups is 1. The second-order valence-electron chi connectivity index (χ2n) is 2.71. The Morgan fingerprint density at radius 3 is 2.56 bits per heavy atom. The van der Waals surface area contributed by atoms with Crippen LogP contribution in [0.5, 0.6) is 0 Å². The number of hydrogen-bond acceptors (Lipinski definition) is 1. The van der Waals surface area contributed by atoms with Crippen LogP contribution < -0.4 is 14.5 Å². The molecule has 0 spiro atoms. The zero-order valence-electron chi connectivity index (χ0n) is 7.64. The Hall–Kier alpha value is -0.721. The fraction of sp³-hybridized carbons (Fsp3) is 0.125. The van der Waals surface area contributed by atoms with E-state index in [0.717, 1.165) is 12.1 Å². The second kappa shape index (κ2) is 5.07. The zero-order valence-corrected chi connectivity index (χ0v) is 10.9. The standard InChI is InChI=1S/C8H6BrF3N2OSe/c9-5-2-1-4(8(10,11)12)3-6(5)16-14-7(13)15/h1-3H,(H3,13,14,15). The van der Waals surface area contributed by atoms with Crippen LogP contribution in [0.15, 0.2) is 22.7 Å². The summed E-state index contributed by atoms with van der Waals surface area (Å²) in [6.07, 6.45) is -4.39. The Kier molecular flexibility index (Phi) is 4.23. The molecule has 0 aliphatic heterocycles. The fourth-order valence-corrected chi connectivity index (χ4v) is 2.71. The van der Waals surface area contributed by atoms with Crippen LogP contribution in [0.1, 0.15) is 5.56 Å². The average molecular weight is 362 g/mol. The van der Waals surface area contributed by atoms with Crippen LogP contribution in [0, 0.1) is 0 Å². The number of rotatable bonds is 2. The Bertz CT molecular complexity index is 411. The molecule has 0 bridgehead atoms. The van der Waals surface area contributed by atoms with Gasteiger partial charge in [0.15, 0.2) is 0 Å². The van der Waals surface area contributed by atoms with Gasteiger partial charge in [-0.2, -0.15) is 0 Å². The summed E-state index contributed by atoms with van der Waals surface area (Å²) in [5.41, 5.74) is 4.09. The number of nitrogens with two attached hydrogens (primary N) is 1. The molecule has 0 saturated heterocycles. The van der Waals surface area contributed by atoms with Crippen molar-refractivity contribution in [3.05, 3.63) is 28.2 Å². The maximum atomic E-state index is 12.4. The van der Waals surface area contributed by atoms with Gasteiger partial charge < -0.3 is 0 Å². The minimum atomic E-state index is -4.39. The van der Waals surface area contributed by atoms with Gasteiger partial charge in [-0.05, 0) is 0 Å². The summed E-state index contributed by atoms with van der Waals surface area (Å²) in [4.78, 5) is 10.5. The summed E-state index contributed by atoms with van der Waals surface area (Å²) in [6, 6.07) is 2.49. The molecule has 0 unspecified atom stereocenters. The number of halogens is 4. The Labute approximate surface area is 104 Å². The molecule has 16 heavy (non-hydrogen) atoms. The third-order valence-corrected chi connectivity index (χ3v) is 4.61. The van der Waals surface area contributed by atoms with Crippen LogP contribution in [0.3, 0.4) is 0 Å². The number of carbonyl (C=O) groups excluding carboxylic acids is 1. The summed E-state index contributed by atoms with van der Waals surface area (Å²) in [5, 5.41) is 0. The van der Waals surface area contributed by atoms with Crippen molar-refractivity contribution in [3.8, 4) is 0 Å². The Balaban J connectivity index is 2.95. The molecule has 88 valence electrons. The van der Waals surface area contributed by atoms with Crippen molar-refractivity contribution in [2.75, 3.05) is 0 Å². The molecule has 0 radical (unpaired) electrons. The first kappa shape index (κ1) is 13.3. The molecular weight excluding hydrogens is 356 g/mol. The quantitative estimate of drug-likeness (QED) is 0.768. The van der Waals surface area contributed by atoms with Gasteiger partial charge in [0.2, 0.25) is 0 Å². The average Bonchev–Trinajstić information content (AvgIpc) is 2.14. The molecule has 8 heteroatoms. The molecule has 1 aromatic carbocycles. The summed E-state index contributed by atoms with van der Waals surface area (Å²) < 4.78 is 40.3. The SMILES string of the molecule is NC(=O)N[Se]c1cc(C(F)(F)F)ccc1Br. The molecule has 0 saturated carbocycles. The van der Waals surface area contributed by atoms with Crippen molar-refractivity contribution in [2.45, 2.75) is 6.18 Å². The summed E-state index contributed by atoms with van der Waals surface area (Å²) in [6.45, 7) is 0. The molecule has 0 aromatic heterocycles. The summed E-state index contributed by atoms with van der Waals surface area (Å²) in [7, 11) is 0. The topological polar surface area (TPSA) is 55.1 Å². The van der Waals surface area contributed by atoms with Crippen LogP contribution in [0.2, 0.25) is 0 Å². The minimum absolute atomic E-state index is 0.376. The third kappa shape index (κ3) is 3.69. The molecule has 0 atom stereocenters. The summed E-state index contributed by atoms with van der Waals surface area (Å²) in [5.74, 6) is 0. The first-order chi connectivity index (χ1) is 7.30. The maximum absolute atomic E-state index is 12.4. The molecule has 0 aliphatic rings. The number of hydrogen-bond donors (Lipinski definition) is 2. The van der Waals surface area contributed by atoms with Crippen LogP contribution in [0.25, 0.3) is 0 Å². The molecule has 0 heterocycles. The predicted molar refractivity (Wildman–Crippen MR) is 57.3 cm³/mol. The van der Waals surface area contributed by atoms with Crippen LogP contribution in [-0.2, 0) is 6.18 Å². The van der Waals surface area contributed by atoms with E-state index in [4.69, 9.17) is 5.73 Å². The van der Waals surface area contributed by atoms with Crippen LogP contribution in [0.4, 0.5) is 18.0 Å². The van der Waals surface area contributed by atoms with Gasteiger partial charge in [0, 0.05) is 0 Å². The van der Waals surface area contributed by atoms with E-state index in [0.29, 0.717) is 8.93 Å². The van der Waals surface area contributed by atoms with Crippen molar-refractivity contribution >= 4 is 41.6 Å². The van der Waals surface area contributed by atoms with Crippen molar-refractivity contribution < 1.29 is 18.0 Å². The number of amides is 2. The summed E-state index contributed by atoms with van der Waals surface area (Å²) >= 11 is 2.47. The zero-order chi connectivity index (χ0) is 12.3. The van der Waals surface area contributed by atoms with Gasteiger partial charge in [-0.3, -0.25) is 0 Å². The van der Waals surface area contributed by atoms with E-state index in [2.05, 4.69) is 20.3 Å². The molecular formula is C8H6BrF3N2OSe. The predicted octanol–water partition coefficient (Wildman–Crippen LogP) is 1.38. The first-order valence-electron chi connectivity index (χ1n) is 3.90. The van der Waals surface area contributed by atoms with Gasteiger partial charge in [0.1, 0.15) is 0 Å². The van der Waals surface area contributed by atoms with E-state index < -0.39 is 32.9 Å². The number of nitrogens with one attached hydrogen (secondary N) is 1. The molecule has 0 aliphatic carbocycles. The first-order valence-corrected chi connectivity index (χ1v) is 6.40.